The molecular formula is C13H19NO3. The zero-order chi connectivity index (χ0) is 13.0. The molecule has 0 amide bonds. The lowest BCUT2D eigenvalue weighted by Crippen LogP contribution is -2.31. The number of hydrogen-bond acceptors (Lipinski definition) is 4. The lowest BCUT2D eigenvalue weighted by Gasteiger charge is -2.19. The van der Waals surface area contributed by atoms with Gasteiger partial charge >= 0.3 is 5.97 Å². The van der Waals surface area contributed by atoms with Gasteiger partial charge in [-0.3, -0.25) is 4.79 Å². The lowest BCUT2D eigenvalue weighted by atomic mass is 9.97. The summed E-state index contributed by atoms with van der Waals surface area (Å²) in [6, 6.07) is 4.99. The van der Waals surface area contributed by atoms with Gasteiger partial charge in [-0.25, -0.2) is 0 Å². The number of esters is 1. The van der Waals surface area contributed by atoms with E-state index in [0.29, 0.717) is 0 Å². The molecule has 17 heavy (non-hydrogen) atoms. The number of aliphatic hydroxyl groups is 1. The maximum atomic E-state index is 11.1. The minimum atomic E-state index is -0.853. The molecule has 94 valence electrons. The number of carbonyl (C=O) groups excluding carboxylic acids is 1. The number of ether oxygens (including phenoxy) is 1. The Morgan fingerprint density at radius 3 is 2.59 bits per heavy atom. The molecule has 3 N–H and O–H groups in total. The van der Waals surface area contributed by atoms with E-state index >= 15 is 0 Å². The van der Waals surface area contributed by atoms with E-state index in [0.717, 1.165) is 16.7 Å². The molecule has 0 aliphatic rings. The van der Waals surface area contributed by atoms with Crippen LogP contribution in [0.5, 0.6) is 0 Å². The van der Waals surface area contributed by atoms with Crippen LogP contribution in [0.1, 0.15) is 29.2 Å². The molecule has 4 heteroatoms. The van der Waals surface area contributed by atoms with Crippen LogP contribution in [-0.2, 0) is 9.53 Å². The van der Waals surface area contributed by atoms with E-state index in [1.54, 1.807) is 0 Å². The van der Waals surface area contributed by atoms with E-state index in [1.807, 2.05) is 32.0 Å². The largest absolute Gasteiger partial charge is 0.469 e. The molecule has 2 atom stereocenters. The number of nitrogens with two attached hydrogens (primary N) is 1. The first kappa shape index (κ1) is 13.7. The maximum absolute atomic E-state index is 11.1. The van der Waals surface area contributed by atoms with Crippen LogP contribution >= 0.6 is 0 Å². The summed E-state index contributed by atoms with van der Waals surface area (Å²) in [5.74, 6) is -0.416. The third-order valence-corrected chi connectivity index (χ3v) is 2.91. The van der Waals surface area contributed by atoms with Gasteiger partial charge in [-0.1, -0.05) is 18.2 Å². The van der Waals surface area contributed by atoms with Gasteiger partial charge in [0.15, 0.2) is 0 Å². The van der Waals surface area contributed by atoms with E-state index in [2.05, 4.69) is 4.74 Å². The van der Waals surface area contributed by atoms with E-state index in [1.165, 1.54) is 7.11 Å². The molecule has 0 saturated carbocycles. The summed E-state index contributed by atoms with van der Waals surface area (Å²) in [6.45, 7) is 3.97. The standard InChI is InChI=1S/C13H19NO3/c1-8-4-5-10(6-9(8)2)13(16)11(14)7-12(15)17-3/h4-6,11,13,16H,7,14H2,1-3H3. The van der Waals surface area contributed by atoms with Gasteiger partial charge in [0.2, 0.25) is 0 Å². The van der Waals surface area contributed by atoms with E-state index in [9.17, 15) is 9.90 Å². The summed E-state index contributed by atoms with van der Waals surface area (Å²) in [4.78, 5) is 11.1. The van der Waals surface area contributed by atoms with Crippen LogP contribution in [0.4, 0.5) is 0 Å². The fraction of sp³-hybridized carbons (Fsp3) is 0.462. The molecule has 1 aromatic rings. The van der Waals surface area contributed by atoms with E-state index in [-0.39, 0.29) is 6.42 Å². The molecule has 0 radical (unpaired) electrons. The molecule has 0 fully saturated rings. The molecule has 0 aliphatic heterocycles. The SMILES string of the molecule is COC(=O)CC(N)C(O)c1ccc(C)c(C)c1. The maximum Gasteiger partial charge on any atom is 0.307 e. The Hall–Kier alpha value is -1.39. The van der Waals surface area contributed by atoms with Gasteiger partial charge in [0.25, 0.3) is 0 Å². The second kappa shape index (κ2) is 5.80. The molecule has 4 nitrogen and oxygen atoms in total. The molecule has 0 heterocycles. The van der Waals surface area contributed by atoms with Crippen molar-refractivity contribution in [2.45, 2.75) is 32.4 Å². The fourth-order valence-corrected chi connectivity index (χ4v) is 1.58. The van der Waals surface area contributed by atoms with Crippen molar-refractivity contribution in [3.05, 3.63) is 34.9 Å². The highest BCUT2D eigenvalue weighted by molar-refractivity contribution is 5.70. The highest BCUT2D eigenvalue weighted by Crippen LogP contribution is 2.20. The molecule has 1 aromatic carbocycles. The van der Waals surface area contributed by atoms with Crippen LogP contribution in [0.25, 0.3) is 0 Å². The molecular weight excluding hydrogens is 218 g/mol. The number of benzene rings is 1. The molecule has 0 bridgehead atoms. The normalized spacial score (nSPS) is 14.2. The predicted octanol–water partition coefficient (Wildman–Crippen LogP) is 1.23. The van der Waals surface area contributed by atoms with Gasteiger partial charge in [0, 0.05) is 6.04 Å². The lowest BCUT2D eigenvalue weighted by molar-refractivity contribution is -0.141. The van der Waals surface area contributed by atoms with Gasteiger partial charge in [-0.15, -0.1) is 0 Å². The molecule has 2 unspecified atom stereocenters. The van der Waals surface area contributed by atoms with Crippen molar-refractivity contribution in [1.82, 2.24) is 0 Å². The van der Waals surface area contributed by atoms with E-state index < -0.39 is 18.1 Å². The Balaban J connectivity index is 2.77. The zero-order valence-corrected chi connectivity index (χ0v) is 10.4. The number of aliphatic hydroxyl groups excluding tert-OH is 1. The van der Waals surface area contributed by atoms with Gasteiger partial charge in [0.05, 0.1) is 19.6 Å². The Labute approximate surface area is 101 Å². The first-order chi connectivity index (χ1) is 7.95. The third kappa shape index (κ3) is 3.54. The topological polar surface area (TPSA) is 72.5 Å². The van der Waals surface area contributed by atoms with Crippen LogP contribution < -0.4 is 5.73 Å². The number of rotatable bonds is 4. The predicted molar refractivity (Wildman–Crippen MR) is 65.5 cm³/mol. The summed E-state index contributed by atoms with van der Waals surface area (Å²) in [7, 11) is 1.30. The highest BCUT2D eigenvalue weighted by atomic mass is 16.5. The first-order valence-electron chi connectivity index (χ1n) is 5.53. The van der Waals surface area contributed by atoms with Gasteiger partial charge in [-0.05, 0) is 30.5 Å². The fourth-order valence-electron chi connectivity index (χ4n) is 1.58. The monoisotopic (exact) mass is 237 g/mol. The van der Waals surface area contributed by atoms with Crippen LogP contribution in [0.15, 0.2) is 18.2 Å². The van der Waals surface area contributed by atoms with Crippen molar-refractivity contribution >= 4 is 5.97 Å². The quantitative estimate of drug-likeness (QED) is 0.772. The summed E-state index contributed by atoms with van der Waals surface area (Å²) in [5, 5.41) is 10.0. The third-order valence-electron chi connectivity index (χ3n) is 2.91. The highest BCUT2D eigenvalue weighted by Gasteiger charge is 2.20. The van der Waals surface area contributed by atoms with Crippen molar-refractivity contribution < 1.29 is 14.6 Å². The zero-order valence-electron chi connectivity index (χ0n) is 10.4. The van der Waals surface area contributed by atoms with Crippen molar-refractivity contribution in [3.63, 3.8) is 0 Å². The smallest absolute Gasteiger partial charge is 0.307 e. The molecule has 0 aliphatic carbocycles. The summed E-state index contributed by atoms with van der Waals surface area (Å²) >= 11 is 0. The van der Waals surface area contributed by atoms with Gasteiger partial charge in [0.1, 0.15) is 0 Å². The minimum Gasteiger partial charge on any atom is -0.469 e. The summed E-state index contributed by atoms with van der Waals surface area (Å²) in [6.07, 6.45) is -0.849. The van der Waals surface area contributed by atoms with Crippen molar-refractivity contribution in [2.75, 3.05) is 7.11 Å². The van der Waals surface area contributed by atoms with Crippen LogP contribution in [0.3, 0.4) is 0 Å². The Kier molecular flexibility index (Phi) is 4.66. The number of aryl methyl sites for hydroxylation is 2. The second-order valence-corrected chi connectivity index (χ2v) is 4.23. The summed E-state index contributed by atoms with van der Waals surface area (Å²) in [5.41, 5.74) is 8.73. The second-order valence-electron chi connectivity index (χ2n) is 4.23. The van der Waals surface area contributed by atoms with Crippen molar-refractivity contribution in [1.29, 1.82) is 0 Å². The van der Waals surface area contributed by atoms with Crippen molar-refractivity contribution in [3.8, 4) is 0 Å². The van der Waals surface area contributed by atoms with Crippen molar-refractivity contribution in [2.24, 2.45) is 5.73 Å². The van der Waals surface area contributed by atoms with E-state index in [4.69, 9.17) is 5.73 Å². The van der Waals surface area contributed by atoms with Crippen LogP contribution in [0.2, 0.25) is 0 Å². The molecule has 1 rings (SSSR count). The molecule has 0 spiro atoms. The van der Waals surface area contributed by atoms with Crippen LogP contribution in [-0.4, -0.2) is 24.2 Å². The van der Waals surface area contributed by atoms with Crippen LogP contribution in [0, 0.1) is 13.8 Å². The average molecular weight is 237 g/mol. The summed E-state index contributed by atoms with van der Waals surface area (Å²) < 4.78 is 4.52. The molecule has 0 saturated heterocycles. The average Bonchev–Trinajstić information content (AvgIpc) is 2.31. The Bertz CT molecular complexity index is 404. The molecule has 0 aromatic heterocycles. The Morgan fingerprint density at radius 1 is 1.41 bits per heavy atom. The van der Waals surface area contributed by atoms with Gasteiger partial charge in [-0.2, -0.15) is 0 Å². The number of methoxy groups -OCH3 is 1. The first-order valence-corrected chi connectivity index (χ1v) is 5.53. The van der Waals surface area contributed by atoms with Gasteiger partial charge < -0.3 is 15.6 Å². The minimum absolute atomic E-state index is 0.00455. The Morgan fingerprint density at radius 2 is 2.06 bits per heavy atom. The number of carbonyl (C=O) groups is 1. The number of hydrogen-bond donors (Lipinski definition) is 2.